The Morgan fingerprint density at radius 2 is 1.64 bits per heavy atom. The number of nitrogens with one attached hydrogen (secondary N) is 4. The number of halogens is 1. The van der Waals surface area contributed by atoms with Crippen LogP contribution in [0.25, 0.3) is 11.3 Å². The van der Waals surface area contributed by atoms with Crippen molar-refractivity contribution in [2.24, 2.45) is 0 Å². The highest BCUT2D eigenvalue weighted by atomic mass is 35.5. The van der Waals surface area contributed by atoms with E-state index in [2.05, 4.69) is 25.5 Å². The molecule has 4 N–H and O–H groups in total. The van der Waals surface area contributed by atoms with Gasteiger partial charge in [-0.15, -0.1) is 0 Å². The number of H-pyrrole nitrogens is 3. The number of aromatic nitrogens is 4. The number of hydrogen-bond acceptors (Lipinski definition) is 4. The van der Waals surface area contributed by atoms with Crippen LogP contribution >= 0.6 is 11.6 Å². The van der Waals surface area contributed by atoms with Crippen LogP contribution in [-0.2, 0) is 0 Å². The summed E-state index contributed by atoms with van der Waals surface area (Å²) in [5.74, 6) is 0.509. The first-order chi connectivity index (χ1) is 13.6. The summed E-state index contributed by atoms with van der Waals surface area (Å²) >= 11 is 6.03. The zero-order chi connectivity index (χ0) is 19.3. The van der Waals surface area contributed by atoms with Gasteiger partial charge in [-0.2, -0.15) is 5.10 Å². The molecule has 2 aromatic carbocycles. The molecule has 1 aliphatic heterocycles. The average molecular weight is 392 g/mol. The third-order valence-electron chi connectivity index (χ3n) is 4.87. The van der Waals surface area contributed by atoms with Crippen molar-refractivity contribution in [2.45, 2.75) is 5.92 Å². The average Bonchev–Trinajstić information content (AvgIpc) is 3.11. The first kappa shape index (κ1) is 16.6. The van der Waals surface area contributed by atoms with Gasteiger partial charge < -0.3 is 5.32 Å². The molecule has 4 aromatic rings. The molecule has 7 nitrogen and oxygen atoms in total. The van der Waals surface area contributed by atoms with Crippen molar-refractivity contribution in [3.63, 3.8) is 0 Å². The summed E-state index contributed by atoms with van der Waals surface area (Å²) in [5.41, 5.74) is 2.86. The molecule has 0 saturated carbocycles. The molecule has 0 amide bonds. The minimum absolute atomic E-state index is 0.351. The molecule has 1 atom stereocenters. The van der Waals surface area contributed by atoms with Gasteiger partial charge in [0.1, 0.15) is 5.82 Å². The lowest BCUT2D eigenvalue weighted by Gasteiger charge is -2.26. The number of hydrogen-bond donors (Lipinski definition) is 4. The van der Waals surface area contributed by atoms with Crippen molar-refractivity contribution in [1.82, 2.24) is 20.2 Å². The Morgan fingerprint density at radius 1 is 0.893 bits per heavy atom. The van der Waals surface area contributed by atoms with Crippen molar-refractivity contribution in [2.75, 3.05) is 5.32 Å². The molecule has 0 fully saturated rings. The van der Waals surface area contributed by atoms with E-state index in [1.165, 1.54) is 0 Å². The van der Waals surface area contributed by atoms with Gasteiger partial charge in [0.05, 0.1) is 11.3 Å². The van der Waals surface area contributed by atoms with Crippen LogP contribution in [-0.4, -0.2) is 20.2 Å². The molecule has 0 saturated heterocycles. The van der Waals surface area contributed by atoms with Crippen LogP contribution in [0.3, 0.4) is 0 Å². The van der Waals surface area contributed by atoms with E-state index in [1.807, 2.05) is 42.5 Å². The summed E-state index contributed by atoms with van der Waals surface area (Å²) in [6, 6.07) is 17.0. The Kier molecular flexibility index (Phi) is 3.70. The van der Waals surface area contributed by atoms with Crippen LogP contribution < -0.4 is 16.6 Å². The summed E-state index contributed by atoms with van der Waals surface area (Å²) in [7, 11) is 0. The van der Waals surface area contributed by atoms with Crippen LogP contribution in [0, 0.1) is 0 Å². The van der Waals surface area contributed by atoms with Gasteiger partial charge in [0, 0.05) is 22.1 Å². The van der Waals surface area contributed by atoms with E-state index < -0.39 is 17.2 Å². The number of rotatable bonds is 2. The molecular formula is C20H14ClN5O2. The lowest BCUT2D eigenvalue weighted by Crippen LogP contribution is -2.31. The van der Waals surface area contributed by atoms with Gasteiger partial charge in [-0.1, -0.05) is 54.1 Å². The monoisotopic (exact) mass is 391 g/mol. The minimum Gasteiger partial charge on any atom is -0.324 e. The Morgan fingerprint density at radius 3 is 2.39 bits per heavy atom. The Hall–Kier alpha value is -3.58. The quantitative estimate of drug-likeness (QED) is 0.370. The summed E-state index contributed by atoms with van der Waals surface area (Å²) in [6.45, 7) is 0. The molecule has 1 unspecified atom stereocenters. The van der Waals surface area contributed by atoms with Crippen molar-refractivity contribution in [3.8, 4) is 11.3 Å². The molecule has 3 heterocycles. The van der Waals surface area contributed by atoms with Gasteiger partial charge in [0.25, 0.3) is 5.56 Å². The highest BCUT2D eigenvalue weighted by molar-refractivity contribution is 6.30. The Bertz CT molecular complexity index is 1290. The van der Waals surface area contributed by atoms with Gasteiger partial charge in [-0.25, -0.2) is 4.79 Å². The molecule has 0 spiro atoms. The highest BCUT2D eigenvalue weighted by Crippen LogP contribution is 2.45. The normalized spacial score (nSPS) is 14.8. The molecule has 2 aromatic heterocycles. The fourth-order valence-corrected chi connectivity index (χ4v) is 3.80. The number of aromatic amines is 3. The largest absolute Gasteiger partial charge is 0.327 e. The van der Waals surface area contributed by atoms with E-state index >= 15 is 0 Å². The topological polar surface area (TPSA) is 106 Å². The lowest BCUT2D eigenvalue weighted by atomic mass is 9.82. The molecule has 138 valence electrons. The standard InChI is InChI=1S/C20H14ClN5O2/c21-12-8-6-11(7-9-12)16-14-13(10-4-2-1-3-5-10)15-17(22-18(14)26-25-16)23-20(28)24-19(15)27/h1-9,13H,(H4,22,23,24,25,26,27,28). The fourth-order valence-electron chi connectivity index (χ4n) is 3.68. The van der Waals surface area contributed by atoms with Crippen molar-refractivity contribution in [1.29, 1.82) is 0 Å². The zero-order valence-electron chi connectivity index (χ0n) is 14.4. The predicted molar refractivity (Wildman–Crippen MR) is 107 cm³/mol. The van der Waals surface area contributed by atoms with Crippen LogP contribution in [0.1, 0.15) is 22.6 Å². The number of benzene rings is 2. The second-order valence-electron chi connectivity index (χ2n) is 6.53. The van der Waals surface area contributed by atoms with Crippen LogP contribution in [0.15, 0.2) is 64.2 Å². The predicted octanol–water partition coefficient (Wildman–Crippen LogP) is 3.34. The summed E-state index contributed by atoms with van der Waals surface area (Å²) in [6.07, 6.45) is 0. The molecular weight excluding hydrogens is 378 g/mol. The van der Waals surface area contributed by atoms with Gasteiger partial charge in [-0.3, -0.25) is 19.9 Å². The molecule has 1 aliphatic rings. The first-order valence-electron chi connectivity index (χ1n) is 8.64. The van der Waals surface area contributed by atoms with Gasteiger partial charge in [0.15, 0.2) is 5.82 Å². The van der Waals surface area contributed by atoms with E-state index in [-0.39, 0.29) is 0 Å². The van der Waals surface area contributed by atoms with E-state index in [1.54, 1.807) is 12.1 Å². The maximum absolute atomic E-state index is 12.7. The maximum atomic E-state index is 12.7. The third-order valence-corrected chi connectivity index (χ3v) is 5.12. The number of anilines is 2. The van der Waals surface area contributed by atoms with Gasteiger partial charge in [-0.05, 0) is 17.7 Å². The van der Waals surface area contributed by atoms with Crippen molar-refractivity contribution in [3.05, 3.63) is 97.1 Å². The molecule has 0 aliphatic carbocycles. The van der Waals surface area contributed by atoms with Crippen LogP contribution in [0.5, 0.6) is 0 Å². The van der Waals surface area contributed by atoms with E-state index in [0.717, 1.165) is 22.4 Å². The lowest BCUT2D eigenvalue weighted by molar-refractivity contribution is 0.888. The van der Waals surface area contributed by atoms with E-state index in [0.29, 0.717) is 22.2 Å². The van der Waals surface area contributed by atoms with Crippen LogP contribution in [0.2, 0.25) is 5.02 Å². The third kappa shape index (κ3) is 2.56. The summed E-state index contributed by atoms with van der Waals surface area (Å²) in [4.78, 5) is 29.5. The minimum atomic E-state index is -0.569. The number of fused-ring (bicyclic) bond motifs is 2. The molecule has 0 bridgehead atoms. The summed E-state index contributed by atoms with van der Waals surface area (Å²) < 4.78 is 0. The van der Waals surface area contributed by atoms with E-state index in [9.17, 15) is 9.59 Å². The van der Waals surface area contributed by atoms with Gasteiger partial charge in [0.2, 0.25) is 0 Å². The van der Waals surface area contributed by atoms with Crippen molar-refractivity contribution >= 4 is 23.2 Å². The maximum Gasteiger partial charge on any atom is 0.327 e. The molecule has 5 rings (SSSR count). The van der Waals surface area contributed by atoms with Crippen LogP contribution in [0.4, 0.5) is 11.6 Å². The number of nitrogens with zero attached hydrogens (tertiary/aromatic N) is 1. The zero-order valence-corrected chi connectivity index (χ0v) is 15.2. The summed E-state index contributed by atoms with van der Waals surface area (Å²) in [5, 5.41) is 11.2. The molecule has 8 heteroatoms. The molecule has 0 radical (unpaired) electrons. The van der Waals surface area contributed by atoms with E-state index in [4.69, 9.17) is 11.6 Å². The SMILES string of the molecule is O=c1[nH]c2c(c(=O)[nH]1)C(c1ccccc1)c1c(n[nH]c1-c1ccc(Cl)cc1)N2. The Balaban J connectivity index is 1.80. The fraction of sp³-hybridized carbons (Fsp3) is 0.0500. The molecule has 28 heavy (non-hydrogen) atoms. The highest BCUT2D eigenvalue weighted by Gasteiger charge is 2.35. The van der Waals surface area contributed by atoms with Gasteiger partial charge >= 0.3 is 5.69 Å². The van der Waals surface area contributed by atoms with Crippen molar-refractivity contribution < 1.29 is 0 Å². The Labute approximate surface area is 163 Å². The smallest absolute Gasteiger partial charge is 0.324 e. The first-order valence-corrected chi connectivity index (χ1v) is 9.02. The second-order valence-corrected chi connectivity index (χ2v) is 6.97. The second kappa shape index (κ2) is 6.24.